The molecule has 134 valence electrons. The summed E-state index contributed by atoms with van der Waals surface area (Å²) in [4.78, 5) is 29.8. The average molecular weight is 368 g/mol. The van der Waals surface area contributed by atoms with E-state index in [1.807, 2.05) is 54.9 Å². The van der Waals surface area contributed by atoms with E-state index in [1.165, 1.54) is 11.3 Å². The van der Waals surface area contributed by atoms with Crippen LogP contribution in [-0.2, 0) is 4.79 Å². The van der Waals surface area contributed by atoms with Gasteiger partial charge in [0, 0.05) is 23.0 Å². The molecule has 0 aliphatic carbocycles. The molecule has 0 fully saturated rings. The molecule has 2 N–H and O–H groups in total. The van der Waals surface area contributed by atoms with Crippen molar-refractivity contribution in [2.75, 3.05) is 6.54 Å². The van der Waals surface area contributed by atoms with Crippen LogP contribution in [0.3, 0.4) is 0 Å². The Bertz CT molecular complexity index is 885. The Morgan fingerprint density at radius 2 is 1.96 bits per heavy atom. The molecule has 0 spiro atoms. The highest BCUT2D eigenvalue weighted by Crippen LogP contribution is 2.16. The third-order valence-electron chi connectivity index (χ3n) is 3.95. The fourth-order valence-electron chi connectivity index (χ4n) is 2.53. The minimum absolute atomic E-state index is 0.0484. The molecule has 2 amide bonds. The van der Waals surface area contributed by atoms with E-state index >= 15 is 0 Å². The molecule has 1 atom stereocenters. The lowest BCUT2D eigenvalue weighted by Crippen LogP contribution is -2.37. The fraction of sp³-hybridized carbons (Fsp3) is 0.211. The number of nitrogens with zero attached hydrogens (tertiary/aromatic N) is 2. The zero-order valence-corrected chi connectivity index (χ0v) is 15.4. The first-order valence-electron chi connectivity index (χ1n) is 8.25. The van der Waals surface area contributed by atoms with E-state index in [4.69, 9.17) is 0 Å². The van der Waals surface area contributed by atoms with E-state index in [0.29, 0.717) is 4.88 Å². The molecule has 0 aliphatic rings. The van der Waals surface area contributed by atoms with Crippen molar-refractivity contribution in [2.24, 2.45) is 0 Å². The van der Waals surface area contributed by atoms with Gasteiger partial charge in [-0.05, 0) is 43.7 Å². The number of aromatic nitrogens is 2. The van der Waals surface area contributed by atoms with E-state index in [1.54, 1.807) is 18.6 Å². The van der Waals surface area contributed by atoms with Crippen LogP contribution in [0.4, 0.5) is 0 Å². The zero-order chi connectivity index (χ0) is 18.5. The highest BCUT2D eigenvalue weighted by atomic mass is 32.1. The standard InChI is InChI=1S/C19H20N4O2S/c1-13-3-8-17(26-13)19(25)21-11-18(24)22-14(2)15-4-6-16(7-5-15)23-10-9-20-12-23/h3-10,12,14H,11H2,1-2H3,(H,21,25)(H,22,24). The van der Waals surface area contributed by atoms with Gasteiger partial charge in [0.15, 0.2) is 0 Å². The number of hydrogen-bond donors (Lipinski definition) is 2. The van der Waals surface area contributed by atoms with Gasteiger partial charge in [0.1, 0.15) is 0 Å². The van der Waals surface area contributed by atoms with E-state index in [9.17, 15) is 9.59 Å². The molecule has 3 aromatic rings. The highest BCUT2D eigenvalue weighted by molar-refractivity contribution is 7.13. The summed E-state index contributed by atoms with van der Waals surface area (Å²) in [6, 6.07) is 11.4. The van der Waals surface area contributed by atoms with Crippen LogP contribution in [0, 0.1) is 6.92 Å². The first-order chi connectivity index (χ1) is 12.5. The Morgan fingerprint density at radius 1 is 1.19 bits per heavy atom. The monoisotopic (exact) mass is 368 g/mol. The van der Waals surface area contributed by atoms with Gasteiger partial charge in [-0.1, -0.05) is 12.1 Å². The first-order valence-corrected chi connectivity index (χ1v) is 9.07. The molecule has 0 saturated heterocycles. The predicted octanol–water partition coefficient (Wildman–Crippen LogP) is 2.85. The molecule has 6 nitrogen and oxygen atoms in total. The number of carbonyl (C=O) groups is 2. The SMILES string of the molecule is Cc1ccc(C(=O)NCC(=O)NC(C)c2ccc(-n3ccnc3)cc2)s1. The molecule has 2 aromatic heterocycles. The largest absolute Gasteiger partial charge is 0.348 e. The van der Waals surface area contributed by atoms with Crippen LogP contribution >= 0.6 is 11.3 Å². The number of rotatable bonds is 6. The van der Waals surface area contributed by atoms with Crippen molar-refractivity contribution in [3.8, 4) is 5.69 Å². The maximum absolute atomic E-state index is 12.1. The number of aryl methyl sites for hydroxylation is 1. The van der Waals surface area contributed by atoms with E-state index in [0.717, 1.165) is 16.1 Å². The molecule has 0 aliphatic heterocycles. The Morgan fingerprint density at radius 3 is 2.58 bits per heavy atom. The molecule has 0 saturated carbocycles. The van der Waals surface area contributed by atoms with Crippen LogP contribution in [0.2, 0.25) is 0 Å². The lowest BCUT2D eigenvalue weighted by atomic mass is 10.1. The number of thiophene rings is 1. The van der Waals surface area contributed by atoms with Gasteiger partial charge in [-0.2, -0.15) is 0 Å². The quantitative estimate of drug-likeness (QED) is 0.702. The minimum atomic E-state index is -0.226. The van der Waals surface area contributed by atoms with Crippen molar-refractivity contribution >= 4 is 23.2 Å². The van der Waals surface area contributed by atoms with Crippen molar-refractivity contribution in [1.29, 1.82) is 0 Å². The number of nitrogens with one attached hydrogen (secondary N) is 2. The van der Waals surface area contributed by atoms with Gasteiger partial charge >= 0.3 is 0 Å². The van der Waals surface area contributed by atoms with Gasteiger partial charge in [-0.3, -0.25) is 9.59 Å². The number of benzene rings is 1. The van der Waals surface area contributed by atoms with Crippen molar-refractivity contribution in [3.05, 3.63) is 70.4 Å². The molecule has 0 radical (unpaired) electrons. The topological polar surface area (TPSA) is 76.0 Å². The molecule has 7 heteroatoms. The summed E-state index contributed by atoms with van der Waals surface area (Å²) < 4.78 is 1.91. The second-order valence-corrected chi connectivity index (χ2v) is 7.23. The summed E-state index contributed by atoms with van der Waals surface area (Å²) in [5.41, 5.74) is 1.99. The summed E-state index contributed by atoms with van der Waals surface area (Å²) in [5, 5.41) is 5.54. The van der Waals surface area contributed by atoms with Crippen molar-refractivity contribution < 1.29 is 9.59 Å². The smallest absolute Gasteiger partial charge is 0.261 e. The minimum Gasteiger partial charge on any atom is -0.348 e. The molecule has 2 heterocycles. The van der Waals surface area contributed by atoms with Gasteiger partial charge in [-0.25, -0.2) is 4.98 Å². The Hall–Kier alpha value is -2.93. The summed E-state index contributed by atoms with van der Waals surface area (Å²) in [6.45, 7) is 3.80. The van der Waals surface area contributed by atoms with Gasteiger partial charge < -0.3 is 15.2 Å². The van der Waals surface area contributed by atoms with Crippen LogP contribution in [0.25, 0.3) is 5.69 Å². The Balaban J connectivity index is 1.51. The summed E-state index contributed by atoms with van der Waals surface area (Å²) in [5.74, 6) is -0.451. The van der Waals surface area contributed by atoms with Gasteiger partial charge in [-0.15, -0.1) is 11.3 Å². The van der Waals surface area contributed by atoms with Gasteiger partial charge in [0.25, 0.3) is 5.91 Å². The first kappa shape index (κ1) is 17.9. The van der Waals surface area contributed by atoms with Gasteiger partial charge in [0.05, 0.1) is 23.8 Å². The lowest BCUT2D eigenvalue weighted by Gasteiger charge is -2.15. The predicted molar refractivity (Wildman–Crippen MR) is 102 cm³/mol. The maximum atomic E-state index is 12.1. The van der Waals surface area contributed by atoms with E-state index in [2.05, 4.69) is 15.6 Å². The summed E-state index contributed by atoms with van der Waals surface area (Å²) in [7, 11) is 0. The zero-order valence-electron chi connectivity index (χ0n) is 14.6. The van der Waals surface area contributed by atoms with E-state index < -0.39 is 0 Å². The Labute approximate surface area is 155 Å². The molecular formula is C19H20N4O2S. The normalized spacial score (nSPS) is 11.8. The molecule has 3 rings (SSSR count). The van der Waals surface area contributed by atoms with Gasteiger partial charge in [0.2, 0.25) is 5.91 Å². The van der Waals surface area contributed by atoms with Crippen LogP contribution in [0.15, 0.2) is 55.1 Å². The van der Waals surface area contributed by atoms with Crippen molar-refractivity contribution in [2.45, 2.75) is 19.9 Å². The third kappa shape index (κ3) is 4.37. The summed E-state index contributed by atoms with van der Waals surface area (Å²) >= 11 is 1.41. The molecule has 26 heavy (non-hydrogen) atoms. The van der Waals surface area contributed by atoms with Crippen LogP contribution in [0.1, 0.15) is 33.1 Å². The second kappa shape index (κ2) is 7.97. The summed E-state index contributed by atoms with van der Waals surface area (Å²) in [6.07, 6.45) is 5.33. The maximum Gasteiger partial charge on any atom is 0.261 e. The molecule has 0 bridgehead atoms. The second-order valence-electron chi connectivity index (χ2n) is 5.94. The lowest BCUT2D eigenvalue weighted by molar-refractivity contribution is -0.120. The third-order valence-corrected chi connectivity index (χ3v) is 4.95. The number of hydrogen-bond acceptors (Lipinski definition) is 4. The number of imidazole rings is 1. The number of carbonyl (C=O) groups excluding carboxylic acids is 2. The molecule has 1 aromatic carbocycles. The van der Waals surface area contributed by atoms with Crippen LogP contribution < -0.4 is 10.6 Å². The van der Waals surface area contributed by atoms with Crippen molar-refractivity contribution in [1.82, 2.24) is 20.2 Å². The average Bonchev–Trinajstić information content (AvgIpc) is 3.31. The van der Waals surface area contributed by atoms with Crippen LogP contribution in [0.5, 0.6) is 0 Å². The van der Waals surface area contributed by atoms with Crippen molar-refractivity contribution in [3.63, 3.8) is 0 Å². The molecular weight excluding hydrogens is 348 g/mol. The molecule has 1 unspecified atom stereocenters. The number of amides is 2. The van der Waals surface area contributed by atoms with E-state index in [-0.39, 0.29) is 24.4 Å². The van der Waals surface area contributed by atoms with Crippen LogP contribution in [-0.4, -0.2) is 27.9 Å². The Kier molecular flexibility index (Phi) is 5.48. The highest BCUT2D eigenvalue weighted by Gasteiger charge is 2.12. The fourth-order valence-corrected chi connectivity index (χ4v) is 3.31.